The van der Waals surface area contributed by atoms with Crippen LogP contribution in [0.5, 0.6) is 0 Å². The Bertz CT molecular complexity index is 664. The summed E-state index contributed by atoms with van der Waals surface area (Å²) in [4.78, 5) is 14.5. The normalized spacial score (nSPS) is 13.2. The van der Waals surface area contributed by atoms with Gasteiger partial charge in [0.2, 0.25) is 0 Å². The van der Waals surface area contributed by atoms with Crippen LogP contribution in [0.25, 0.3) is 0 Å². The molecule has 0 aliphatic rings. The van der Waals surface area contributed by atoms with Crippen molar-refractivity contribution in [2.75, 3.05) is 32.6 Å². The lowest BCUT2D eigenvalue weighted by atomic mass is 9.90. The van der Waals surface area contributed by atoms with Crippen molar-refractivity contribution in [2.24, 2.45) is 0 Å². The number of carbonyl (C=O) groups excluding carboxylic acids is 1. The molecule has 0 aromatic heterocycles. The summed E-state index contributed by atoms with van der Waals surface area (Å²) < 4.78 is 5.80. The third-order valence-corrected chi connectivity index (χ3v) is 4.42. The fraction of sp³-hybridized carbons (Fsp3) is 0.350. The van der Waals surface area contributed by atoms with Gasteiger partial charge >= 0.3 is 0 Å². The Morgan fingerprint density at radius 3 is 2.42 bits per heavy atom. The minimum atomic E-state index is -0.518. The van der Waals surface area contributed by atoms with Gasteiger partial charge in [0.15, 0.2) is 0 Å². The predicted molar refractivity (Wildman–Crippen MR) is 98.5 cm³/mol. The van der Waals surface area contributed by atoms with Gasteiger partial charge in [-0.05, 0) is 30.2 Å². The summed E-state index contributed by atoms with van der Waals surface area (Å²) in [6.45, 7) is 2.49. The minimum absolute atomic E-state index is 0.0930. The maximum absolute atomic E-state index is 12.5. The van der Waals surface area contributed by atoms with Crippen molar-refractivity contribution in [1.29, 1.82) is 0 Å². The number of carbonyl (C=O) groups is 1. The molecular formula is C20H26N2O2. The van der Waals surface area contributed by atoms with Gasteiger partial charge in [-0.15, -0.1) is 0 Å². The van der Waals surface area contributed by atoms with E-state index in [1.807, 2.05) is 73.6 Å². The highest BCUT2D eigenvalue weighted by molar-refractivity contribution is 5.95. The molecule has 0 radical (unpaired) electrons. The molecule has 1 unspecified atom stereocenters. The molecule has 128 valence electrons. The lowest BCUT2D eigenvalue weighted by molar-refractivity contribution is -0.0164. The van der Waals surface area contributed by atoms with Crippen LogP contribution in [-0.2, 0) is 10.3 Å². The van der Waals surface area contributed by atoms with Crippen molar-refractivity contribution >= 4 is 11.6 Å². The standard InChI is InChI=1S/C20H26N2O2/c1-5-20(24-4,17-11-7-6-8-12-17)15-21-19(23)16-10-9-13-18(14-16)22(2)3/h6-14H,5,15H2,1-4H3,(H,21,23). The van der Waals surface area contributed by atoms with Gasteiger partial charge in [0.25, 0.3) is 5.91 Å². The number of anilines is 1. The van der Waals surface area contributed by atoms with E-state index in [0.717, 1.165) is 17.7 Å². The Morgan fingerprint density at radius 1 is 1.12 bits per heavy atom. The minimum Gasteiger partial charge on any atom is -0.378 e. The van der Waals surface area contributed by atoms with Crippen LogP contribution in [-0.4, -0.2) is 33.7 Å². The molecular weight excluding hydrogens is 300 g/mol. The second-order valence-electron chi connectivity index (χ2n) is 6.05. The highest BCUT2D eigenvalue weighted by Crippen LogP contribution is 2.28. The van der Waals surface area contributed by atoms with Gasteiger partial charge in [0, 0.05) is 32.5 Å². The molecule has 0 aliphatic carbocycles. The van der Waals surface area contributed by atoms with Crippen LogP contribution in [0, 0.1) is 0 Å². The summed E-state index contributed by atoms with van der Waals surface area (Å²) >= 11 is 0. The topological polar surface area (TPSA) is 41.6 Å². The molecule has 0 fully saturated rings. The second-order valence-corrected chi connectivity index (χ2v) is 6.05. The highest BCUT2D eigenvalue weighted by Gasteiger charge is 2.30. The van der Waals surface area contributed by atoms with Crippen LogP contribution in [0.15, 0.2) is 54.6 Å². The molecule has 24 heavy (non-hydrogen) atoms. The van der Waals surface area contributed by atoms with E-state index in [4.69, 9.17) is 4.74 Å². The van der Waals surface area contributed by atoms with Gasteiger partial charge in [-0.1, -0.05) is 43.3 Å². The first kappa shape index (κ1) is 18.0. The first-order chi connectivity index (χ1) is 11.5. The number of hydrogen-bond donors (Lipinski definition) is 1. The monoisotopic (exact) mass is 326 g/mol. The van der Waals surface area contributed by atoms with Crippen LogP contribution < -0.4 is 10.2 Å². The SMILES string of the molecule is CCC(CNC(=O)c1cccc(N(C)C)c1)(OC)c1ccccc1. The smallest absolute Gasteiger partial charge is 0.251 e. The third-order valence-electron chi connectivity index (χ3n) is 4.42. The summed E-state index contributed by atoms with van der Waals surface area (Å²) in [6.07, 6.45) is 0.769. The van der Waals surface area contributed by atoms with Gasteiger partial charge in [-0.25, -0.2) is 0 Å². The maximum atomic E-state index is 12.5. The quantitative estimate of drug-likeness (QED) is 0.847. The second kappa shape index (κ2) is 7.97. The lowest BCUT2D eigenvalue weighted by Gasteiger charge is -2.32. The van der Waals surface area contributed by atoms with E-state index in [9.17, 15) is 4.79 Å². The van der Waals surface area contributed by atoms with Gasteiger partial charge in [-0.2, -0.15) is 0 Å². The van der Waals surface area contributed by atoms with Crippen LogP contribution in [0.4, 0.5) is 5.69 Å². The predicted octanol–water partition coefficient (Wildman–Crippen LogP) is 3.43. The van der Waals surface area contributed by atoms with Crippen LogP contribution in [0.3, 0.4) is 0 Å². The van der Waals surface area contributed by atoms with Crippen molar-refractivity contribution in [3.63, 3.8) is 0 Å². The van der Waals surface area contributed by atoms with Crippen molar-refractivity contribution in [3.8, 4) is 0 Å². The Morgan fingerprint density at radius 2 is 1.83 bits per heavy atom. The lowest BCUT2D eigenvalue weighted by Crippen LogP contribution is -2.42. The van der Waals surface area contributed by atoms with Crippen molar-refractivity contribution in [1.82, 2.24) is 5.32 Å². The molecule has 0 bridgehead atoms. The molecule has 2 rings (SSSR count). The Labute approximate surface area is 144 Å². The number of methoxy groups -OCH3 is 1. The molecule has 0 saturated heterocycles. The molecule has 0 heterocycles. The molecule has 2 aromatic carbocycles. The van der Waals surface area contributed by atoms with Gasteiger partial charge < -0.3 is 15.0 Å². The van der Waals surface area contributed by atoms with Crippen molar-refractivity contribution < 1.29 is 9.53 Å². The average Bonchev–Trinajstić information content (AvgIpc) is 2.63. The molecule has 0 aliphatic heterocycles. The molecule has 2 aromatic rings. The number of nitrogens with zero attached hydrogens (tertiary/aromatic N) is 1. The molecule has 4 heteroatoms. The Balaban J connectivity index is 2.15. The van der Waals surface area contributed by atoms with E-state index >= 15 is 0 Å². The summed E-state index contributed by atoms with van der Waals surface area (Å²) in [6, 6.07) is 17.6. The largest absolute Gasteiger partial charge is 0.378 e. The number of ether oxygens (including phenoxy) is 1. The fourth-order valence-electron chi connectivity index (χ4n) is 2.76. The molecule has 0 spiro atoms. The number of hydrogen-bond acceptors (Lipinski definition) is 3. The summed E-state index contributed by atoms with van der Waals surface area (Å²) in [7, 11) is 5.61. The fourth-order valence-corrected chi connectivity index (χ4v) is 2.76. The van der Waals surface area contributed by atoms with E-state index in [1.54, 1.807) is 7.11 Å². The van der Waals surface area contributed by atoms with Crippen LogP contribution in [0.1, 0.15) is 29.3 Å². The Hall–Kier alpha value is -2.33. The van der Waals surface area contributed by atoms with Crippen LogP contribution >= 0.6 is 0 Å². The summed E-state index contributed by atoms with van der Waals surface area (Å²) in [5, 5.41) is 3.02. The molecule has 1 N–H and O–H groups in total. The number of benzene rings is 2. The van der Waals surface area contributed by atoms with E-state index in [1.165, 1.54) is 0 Å². The molecule has 0 saturated carbocycles. The van der Waals surface area contributed by atoms with E-state index in [-0.39, 0.29) is 5.91 Å². The van der Waals surface area contributed by atoms with E-state index in [2.05, 4.69) is 12.2 Å². The van der Waals surface area contributed by atoms with Crippen LogP contribution in [0.2, 0.25) is 0 Å². The zero-order valence-corrected chi connectivity index (χ0v) is 14.9. The van der Waals surface area contributed by atoms with E-state index in [0.29, 0.717) is 12.1 Å². The van der Waals surface area contributed by atoms with Gasteiger partial charge in [-0.3, -0.25) is 4.79 Å². The van der Waals surface area contributed by atoms with Gasteiger partial charge in [0.05, 0.1) is 6.54 Å². The summed E-state index contributed by atoms with van der Waals surface area (Å²) in [5.74, 6) is -0.0930. The summed E-state index contributed by atoms with van der Waals surface area (Å²) in [5.41, 5.74) is 2.20. The first-order valence-electron chi connectivity index (χ1n) is 8.18. The van der Waals surface area contributed by atoms with E-state index < -0.39 is 5.60 Å². The number of rotatable bonds is 7. The zero-order valence-electron chi connectivity index (χ0n) is 14.9. The van der Waals surface area contributed by atoms with Gasteiger partial charge in [0.1, 0.15) is 5.60 Å². The average molecular weight is 326 g/mol. The number of amides is 1. The third kappa shape index (κ3) is 3.95. The molecule has 4 nitrogen and oxygen atoms in total. The number of nitrogens with one attached hydrogen (secondary N) is 1. The molecule has 1 atom stereocenters. The highest BCUT2D eigenvalue weighted by atomic mass is 16.5. The maximum Gasteiger partial charge on any atom is 0.251 e. The van der Waals surface area contributed by atoms with Crippen molar-refractivity contribution in [2.45, 2.75) is 18.9 Å². The zero-order chi connectivity index (χ0) is 17.6. The first-order valence-corrected chi connectivity index (χ1v) is 8.18. The molecule has 1 amide bonds. The Kier molecular flexibility index (Phi) is 5.99. The van der Waals surface area contributed by atoms with Crippen molar-refractivity contribution in [3.05, 3.63) is 65.7 Å².